The number of carbonyl (C=O) groups excluding carboxylic acids is 1. The standard InChI is InChI=1S/C8H12INO2/c9-3-1-2-8(11)10-4-6-12-7-5-10/h1-2H,3-7H2/b2-1+. The fourth-order valence-electron chi connectivity index (χ4n) is 1.03. The first-order valence-corrected chi connectivity index (χ1v) is 5.46. The van der Waals surface area contributed by atoms with E-state index >= 15 is 0 Å². The smallest absolute Gasteiger partial charge is 0.246 e. The Morgan fingerprint density at radius 2 is 2.17 bits per heavy atom. The molecule has 0 bridgehead atoms. The van der Waals surface area contributed by atoms with Crippen LogP contribution in [-0.2, 0) is 9.53 Å². The van der Waals surface area contributed by atoms with Gasteiger partial charge >= 0.3 is 0 Å². The van der Waals surface area contributed by atoms with Crippen molar-refractivity contribution < 1.29 is 9.53 Å². The van der Waals surface area contributed by atoms with Crippen LogP contribution in [0.3, 0.4) is 0 Å². The van der Waals surface area contributed by atoms with Gasteiger partial charge in [0.15, 0.2) is 0 Å². The van der Waals surface area contributed by atoms with Gasteiger partial charge in [-0.3, -0.25) is 4.79 Å². The number of rotatable bonds is 2. The molecule has 0 aromatic carbocycles. The summed E-state index contributed by atoms with van der Waals surface area (Å²) in [5.74, 6) is 0.106. The first kappa shape index (κ1) is 9.98. The lowest BCUT2D eigenvalue weighted by atomic mass is 10.4. The summed E-state index contributed by atoms with van der Waals surface area (Å²) in [7, 11) is 0. The Morgan fingerprint density at radius 3 is 2.75 bits per heavy atom. The van der Waals surface area contributed by atoms with Crippen LogP contribution in [0.2, 0.25) is 0 Å². The fraction of sp³-hybridized carbons (Fsp3) is 0.625. The average molecular weight is 281 g/mol. The van der Waals surface area contributed by atoms with Crippen molar-refractivity contribution in [1.82, 2.24) is 4.90 Å². The third-order valence-corrected chi connectivity index (χ3v) is 2.18. The third kappa shape index (κ3) is 3.10. The zero-order valence-corrected chi connectivity index (χ0v) is 8.99. The number of hydrogen-bond donors (Lipinski definition) is 0. The molecule has 1 aliphatic rings. The molecule has 4 heteroatoms. The molecule has 3 nitrogen and oxygen atoms in total. The molecule has 1 heterocycles. The van der Waals surface area contributed by atoms with Crippen molar-refractivity contribution in [2.24, 2.45) is 0 Å². The fourth-order valence-corrected chi connectivity index (χ4v) is 1.29. The van der Waals surface area contributed by atoms with Gasteiger partial charge in [-0.05, 0) is 6.08 Å². The van der Waals surface area contributed by atoms with Crippen molar-refractivity contribution in [3.63, 3.8) is 0 Å². The minimum atomic E-state index is 0.106. The van der Waals surface area contributed by atoms with E-state index in [2.05, 4.69) is 22.6 Å². The quantitative estimate of drug-likeness (QED) is 0.426. The maximum atomic E-state index is 11.3. The Labute approximate surface area is 85.9 Å². The number of nitrogens with zero attached hydrogens (tertiary/aromatic N) is 1. The molecule has 68 valence electrons. The van der Waals surface area contributed by atoms with Gasteiger partial charge in [-0.15, -0.1) is 0 Å². The SMILES string of the molecule is O=C(/C=C/CI)N1CCOCC1. The number of morpholine rings is 1. The van der Waals surface area contributed by atoms with Gasteiger partial charge in [-0.25, -0.2) is 0 Å². The van der Waals surface area contributed by atoms with E-state index in [-0.39, 0.29) is 5.91 Å². The maximum absolute atomic E-state index is 11.3. The summed E-state index contributed by atoms with van der Waals surface area (Å²) in [6, 6.07) is 0. The van der Waals surface area contributed by atoms with Crippen LogP contribution in [0, 0.1) is 0 Å². The van der Waals surface area contributed by atoms with Gasteiger partial charge < -0.3 is 9.64 Å². The molecule has 0 unspecified atom stereocenters. The highest BCUT2D eigenvalue weighted by Crippen LogP contribution is 1.98. The van der Waals surface area contributed by atoms with Crippen LogP contribution in [-0.4, -0.2) is 41.5 Å². The number of allylic oxidation sites excluding steroid dienone is 1. The molecular formula is C8H12INO2. The summed E-state index contributed by atoms with van der Waals surface area (Å²) in [5.41, 5.74) is 0. The number of ether oxygens (including phenoxy) is 1. The molecule has 1 rings (SSSR count). The summed E-state index contributed by atoms with van der Waals surface area (Å²) in [5, 5.41) is 0. The van der Waals surface area contributed by atoms with E-state index in [1.54, 1.807) is 6.08 Å². The van der Waals surface area contributed by atoms with Crippen LogP contribution >= 0.6 is 22.6 Å². The van der Waals surface area contributed by atoms with Crippen molar-refractivity contribution in [3.05, 3.63) is 12.2 Å². The van der Waals surface area contributed by atoms with Gasteiger partial charge in [-0.1, -0.05) is 28.7 Å². The highest BCUT2D eigenvalue weighted by molar-refractivity contribution is 14.1. The summed E-state index contributed by atoms with van der Waals surface area (Å²) < 4.78 is 6.02. The second kappa shape index (κ2) is 5.53. The maximum Gasteiger partial charge on any atom is 0.246 e. The number of halogens is 1. The van der Waals surface area contributed by atoms with Crippen LogP contribution in [0.4, 0.5) is 0 Å². The Hall–Kier alpha value is -0.100. The molecule has 1 amide bonds. The third-order valence-electron chi connectivity index (χ3n) is 1.67. The van der Waals surface area contributed by atoms with E-state index in [0.717, 1.165) is 17.5 Å². The summed E-state index contributed by atoms with van der Waals surface area (Å²) in [6.45, 7) is 2.79. The molecule has 0 aromatic rings. The topological polar surface area (TPSA) is 29.5 Å². The van der Waals surface area contributed by atoms with Crippen LogP contribution in [0.15, 0.2) is 12.2 Å². The first-order chi connectivity index (χ1) is 5.84. The zero-order valence-electron chi connectivity index (χ0n) is 6.83. The number of amides is 1. The first-order valence-electron chi connectivity index (χ1n) is 3.94. The summed E-state index contributed by atoms with van der Waals surface area (Å²) in [4.78, 5) is 13.1. The number of hydrogen-bond acceptors (Lipinski definition) is 2. The Morgan fingerprint density at radius 1 is 1.50 bits per heavy atom. The van der Waals surface area contributed by atoms with E-state index in [4.69, 9.17) is 4.74 Å². The Kier molecular flexibility index (Phi) is 4.60. The lowest BCUT2D eigenvalue weighted by molar-refractivity contribution is -0.129. The molecule has 0 aliphatic carbocycles. The molecule has 0 spiro atoms. The lowest BCUT2D eigenvalue weighted by Crippen LogP contribution is -2.39. The molecular weight excluding hydrogens is 269 g/mol. The zero-order chi connectivity index (χ0) is 8.81. The van der Waals surface area contributed by atoms with Gasteiger partial charge in [0.2, 0.25) is 5.91 Å². The second-order valence-electron chi connectivity index (χ2n) is 2.49. The van der Waals surface area contributed by atoms with Gasteiger partial charge in [0.05, 0.1) is 13.2 Å². The monoisotopic (exact) mass is 281 g/mol. The highest BCUT2D eigenvalue weighted by atomic mass is 127. The molecule has 12 heavy (non-hydrogen) atoms. The van der Waals surface area contributed by atoms with Crippen molar-refractivity contribution in [1.29, 1.82) is 0 Å². The lowest BCUT2D eigenvalue weighted by Gasteiger charge is -2.25. The van der Waals surface area contributed by atoms with E-state index in [0.29, 0.717) is 13.2 Å². The van der Waals surface area contributed by atoms with E-state index in [1.807, 2.05) is 11.0 Å². The van der Waals surface area contributed by atoms with E-state index < -0.39 is 0 Å². The second-order valence-corrected chi connectivity index (χ2v) is 3.38. The van der Waals surface area contributed by atoms with Crippen LogP contribution in [0.1, 0.15) is 0 Å². The van der Waals surface area contributed by atoms with E-state index in [1.165, 1.54) is 0 Å². The highest BCUT2D eigenvalue weighted by Gasteiger charge is 2.13. The summed E-state index contributed by atoms with van der Waals surface area (Å²) >= 11 is 2.21. The normalized spacial score (nSPS) is 18.6. The average Bonchev–Trinajstić information content (AvgIpc) is 2.15. The van der Waals surface area contributed by atoms with Gasteiger partial charge in [0.1, 0.15) is 0 Å². The predicted molar refractivity (Wildman–Crippen MR) is 55.4 cm³/mol. The molecule has 1 saturated heterocycles. The number of carbonyl (C=O) groups is 1. The van der Waals surface area contributed by atoms with Crippen LogP contribution < -0.4 is 0 Å². The van der Waals surface area contributed by atoms with Crippen LogP contribution in [0.5, 0.6) is 0 Å². The minimum absolute atomic E-state index is 0.106. The molecule has 0 atom stereocenters. The van der Waals surface area contributed by atoms with Crippen molar-refractivity contribution in [3.8, 4) is 0 Å². The summed E-state index contributed by atoms with van der Waals surface area (Å²) in [6.07, 6.45) is 3.51. The van der Waals surface area contributed by atoms with E-state index in [9.17, 15) is 4.79 Å². The molecule has 1 fully saturated rings. The molecule has 0 aromatic heterocycles. The van der Waals surface area contributed by atoms with Crippen LogP contribution in [0.25, 0.3) is 0 Å². The van der Waals surface area contributed by atoms with Crippen molar-refractivity contribution in [2.45, 2.75) is 0 Å². The Balaban J connectivity index is 2.34. The molecule has 0 saturated carbocycles. The van der Waals surface area contributed by atoms with Gasteiger partial charge in [-0.2, -0.15) is 0 Å². The molecule has 1 aliphatic heterocycles. The van der Waals surface area contributed by atoms with Gasteiger partial charge in [0.25, 0.3) is 0 Å². The largest absolute Gasteiger partial charge is 0.378 e. The predicted octanol–water partition coefficient (Wildman–Crippen LogP) is 0.836. The van der Waals surface area contributed by atoms with Gasteiger partial charge in [0, 0.05) is 17.5 Å². The van der Waals surface area contributed by atoms with Crippen molar-refractivity contribution in [2.75, 3.05) is 30.7 Å². The Bertz CT molecular complexity index is 176. The number of alkyl halides is 1. The minimum Gasteiger partial charge on any atom is -0.378 e. The molecule has 0 radical (unpaired) electrons. The van der Waals surface area contributed by atoms with Crippen molar-refractivity contribution >= 4 is 28.5 Å². The molecule has 0 N–H and O–H groups in total.